The highest BCUT2D eigenvalue weighted by molar-refractivity contribution is 6.31. The maximum Gasteiger partial charge on any atom is 0.306 e. The summed E-state index contributed by atoms with van der Waals surface area (Å²) < 4.78 is 18.5. The molecule has 0 radical (unpaired) electrons. The van der Waals surface area contributed by atoms with Crippen molar-refractivity contribution in [2.45, 2.75) is 64.1 Å². The number of carbonyl (C=O) groups is 2. The number of aliphatic hydroxyl groups excluding tert-OH is 2. The van der Waals surface area contributed by atoms with Gasteiger partial charge in [0.2, 0.25) is 11.8 Å². The molecule has 0 saturated carbocycles. The van der Waals surface area contributed by atoms with Gasteiger partial charge in [-0.1, -0.05) is 60.1 Å². The fraction of sp³-hybridized carbons (Fsp3) is 0.311. The number of aliphatic carboxylic acids is 2. The lowest BCUT2D eigenvalue weighted by Gasteiger charge is -2.19. The van der Waals surface area contributed by atoms with Crippen LogP contribution in [-0.2, 0) is 29.2 Å². The molecule has 0 fully saturated rings. The Morgan fingerprint density at radius 1 is 0.900 bits per heavy atom. The summed E-state index contributed by atoms with van der Waals surface area (Å²) in [5, 5.41) is 53.2. The third-order valence-electron chi connectivity index (χ3n) is 9.98. The fourth-order valence-electron chi connectivity index (χ4n) is 7.13. The largest absolute Gasteiger partial charge is 0.492 e. The van der Waals surface area contributed by atoms with Crippen molar-refractivity contribution in [3.63, 3.8) is 0 Å². The lowest BCUT2D eigenvalue weighted by atomic mass is 9.89. The minimum atomic E-state index is -1.11. The number of hydrogen-bond acceptors (Lipinski definition) is 12. The van der Waals surface area contributed by atoms with Gasteiger partial charge in [-0.3, -0.25) is 14.6 Å². The highest BCUT2D eigenvalue weighted by Crippen LogP contribution is 2.43. The lowest BCUT2D eigenvalue weighted by Crippen LogP contribution is -2.31. The second-order valence-electron chi connectivity index (χ2n) is 14.4. The molecule has 0 spiro atoms. The summed E-state index contributed by atoms with van der Waals surface area (Å²) in [6, 6.07) is 25.8. The number of halogens is 1. The first-order valence-electron chi connectivity index (χ1n) is 19.5. The Morgan fingerprint density at radius 2 is 1.60 bits per heavy atom. The average Bonchev–Trinajstić information content (AvgIpc) is 3.64. The van der Waals surface area contributed by atoms with Gasteiger partial charge in [0.25, 0.3) is 0 Å². The molecule has 312 valence electrons. The summed E-state index contributed by atoms with van der Waals surface area (Å²) in [6.07, 6.45) is 1.41. The van der Waals surface area contributed by atoms with Gasteiger partial charge in [0.15, 0.2) is 0 Å². The third-order valence-corrected chi connectivity index (χ3v) is 10.3. The van der Waals surface area contributed by atoms with Crippen LogP contribution in [0.15, 0.2) is 85.2 Å². The van der Waals surface area contributed by atoms with Crippen LogP contribution in [0.25, 0.3) is 22.3 Å². The number of carboxylic acids is 2. The molecule has 0 amide bonds. The number of nitriles is 1. The molecule has 5 aromatic rings. The van der Waals surface area contributed by atoms with Gasteiger partial charge in [-0.15, -0.1) is 0 Å². The maximum absolute atomic E-state index is 11.0. The smallest absolute Gasteiger partial charge is 0.306 e. The van der Waals surface area contributed by atoms with E-state index in [1.165, 1.54) is 11.8 Å². The molecule has 2 aromatic heterocycles. The fourth-order valence-corrected chi connectivity index (χ4v) is 7.35. The number of benzene rings is 3. The Hall–Kier alpha value is -6.08. The van der Waals surface area contributed by atoms with E-state index in [0.717, 1.165) is 39.8 Å². The van der Waals surface area contributed by atoms with Gasteiger partial charge in [-0.25, -0.2) is 0 Å². The molecule has 6 rings (SSSR count). The van der Waals surface area contributed by atoms with E-state index in [-0.39, 0.29) is 55.5 Å². The van der Waals surface area contributed by atoms with Gasteiger partial charge in [-0.05, 0) is 83.0 Å². The van der Waals surface area contributed by atoms with Crippen LogP contribution in [0.1, 0.15) is 58.7 Å². The van der Waals surface area contributed by atoms with Gasteiger partial charge < -0.3 is 45.3 Å². The molecule has 3 aromatic carbocycles. The molecule has 0 aliphatic heterocycles. The van der Waals surface area contributed by atoms with E-state index in [0.29, 0.717) is 42.0 Å². The molecule has 60 heavy (non-hydrogen) atoms. The number of hydrogen-bond donors (Lipinski definition) is 6. The minimum absolute atomic E-state index is 0.0210. The van der Waals surface area contributed by atoms with E-state index in [1.54, 1.807) is 18.3 Å². The zero-order chi connectivity index (χ0) is 42.6. The summed E-state index contributed by atoms with van der Waals surface area (Å²) in [6.45, 7) is 3.35. The number of nitrogens with zero attached hydrogens (tertiary/aromatic N) is 3. The van der Waals surface area contributed by atoms with Crippen LogP contribution in [0.2, 0.25) is 5.02 Å². The molecule has 2 heterocycles. The first-order chi connectivity index (χ1) is 29.0. The molecule has 1 aliphatic carbocycles. The van der Waals surface area contributed by atoms with E-state index in [2.05, 4.69) is 58.9 Å². The Kier molecular flexibility index (Phi) is 15.0. The summed E-state index contributed by atoms with van der Waals surface area (Å²) in [7, 11) is 0. The summed E-state index contributed by atoms with van der Waals surface area (Å²) in [4.78, 5) is 30.5. The Balaban J connectivity index is 1.16. The number of rotatable bonds is 21. The summed E-state index contributed by atoms with van der Waals surface area (Å²) in [5.74, 6) is -1.05. The monoisotopic (exact) mass is 835 g/mol. The van der Waals surface area contributed by atoms with Crippen molar-refractivity contribution >= 4 is 23.5 Å². The highest BCUT2D eigenvalue weighted by Gasteiger charge is 2.29. The number of ether oxygens (including phenoxy) is 3. The molecule has 15 heteroatoms. The van der Waals surface area contributed by atoms with Crippen LogP contribution in [0.5, 0.6) is 17.5 Å². The average molecular weight is 836 g/mol. The number of carboxylic acid groups (broad SMARTS) is 2. The molecule has 0 bridgehead atoms. The first-order valence-corrected chi connectivity index (χ1v) is 19.9. The zero-order valence-electron chi connectivity index (χ0n) is 32.9. The van der Waals surface area contributed by atoms with Gasteiger partial charge in [0.1, 0.15) is 36.2 Å². The number of aromatic nitrogens is 2. The summed E-state index contributed by atoms with van der Waals surface area (Å²) >= 11 is 6.79. The van der Waals surface area contributed by atoms with Crippen LogP contribution >= 0.6 is 11.6 Å². The van der Waals surface area contributed by atoms with E-state index in [1.807, 2.05) is 30.3 Å². The first kappa shape index (κ1) is 43.5. The molecule has 6 N–H and O–H groups in total. The van der Waals surface area contributed by atoms with Crippen molar-refractivity contribution < 1.29 is 44.2 Å². The van der Waals surface area contributed by atoms with Crippen LogP contribution in [-0.4, -0.2) is 80.8 Å². The van der Waals surface area contributed by atoms with Crippen molar-refractivity contribution in [3.8, 4) is 45.8 Å². The van der Waals surface area contributed by atoms with Gasteiger partial charge >= 0.3 is 11.9 Å². The van der Waals surface area contributed by atoms with Crippen LogP contribution in [0.3, 0.4) is 0 Å². The van der Waals surface area contributed by atoms with Crippen LogP contribution in [0, 0.1) is 18.3 Å². The van der Waals surface area contributed by atoms with E-state index >= 15 is 0 Å². The second-order valence-corrected chi connectivity index (χ2v) is 14.8. The quantitative estimate of drug-likeness (QED) is 0.0467. The van der Waals surface area contributed by atoms with Gasteiger partial charge in [0.05, 0.1) is 30.6 Å². The Bertz CT molecular complexity index is 2340. The lowest BCUT2D eigenvalue weighted by molar-refractivity contribution is -0.140. The molecular formula is C45H46ClN5O9. The molecule has 0 saturated heterocycles. The van der Waals surface area contributed by atoms with Crippen molar-refractivity contribution in [1.82, 2.24) is 20.6 Å². The van der Waals surface area contributed by atoms with Crippen molar-refractivity contribution in [2.75, 3.05) is 26.2 Å². The van der Waals surface area contributed by atoms with Gasteiger partial charge in [0, 0.05) is 49.7 Å². The summed E-state index contributed by atoms with van der Waals surface area (Å²) in [5.41, 5.74) is 9.27. The number of nitrogens with one attached hydrogen (secondary N) is 2. The molecule has 14 nitrogen and oxygen atoms in total. The normalized spacial score (nSPS) is 14.2. The topological polar surface area (TPSA) is 216 Å². The zero-order valence-corrected chi connectivity index (χ0v) is 33.7. The molecule has 0 unspecified atom stereocenters. The SMILES string of the molecule is Cc1c(-c2ccc(OCCNC[C@@H](O)CC(=O)O)cc2)cccc1-c1cccc2c1CC[C@@H]2Oc1nc(OCc2cncc(C#N)c2)c(CNC[C@@H](O)CC(=O)O)cc1Cl. The van der Waals surface area contributed by atoms with Crippen LogP contribution < -0.4 is 24.8 Å². The van der Waals surface area contributed by atoms with Crippen molar-refractivity contribution in [3.05, 3.63) is 124 Å². The number of aliphatic hydroxyl groups is 2. The Labute approximate surface area is 352 Å². The third kappa shape index (κ3) is 11.6. The van der Waals surface area contributed by atoms with Crippen molar-refractivity contribution in [1.29, 1.82) is 5.26 Å². The molecule has 1 aliphatic rings. The van der Waals surface area contributed by atoms with Gasteiger partial charge in [-0.2, -0.15) is 10.2 Å². The highest BCUT2D eigenvalue weighted by atomic mass is 35.5. The molecule has 3 atom stereocenters. The number of fused-ring (bicyclic) bond motifs is 1. The van der Waals surface area contributed by atoms with E-state index < -0.39 is 30.6 Å². The second kappa shape index (κ2) is 20.7. The predicted octanol–water partition coefficient (Wildman–Crippen LogP) is 6.02. The Morgan fingerprint density at radius 3 is 2.33 bits per heavy atom. The maximum atomic E-state index is 11.0. The van der Waals surface area contributed by atoms with Crippen molar-refractivity contribution in [2.24, 2.45) is 0 Å². The molecular weight excluding hydrogens is 790 g/mol. The van der Waals surface area contributed by atoms with Crippen LogP contribution in [0.4, 0.5) is 0 Å². The predicted molar refractivity (Wildman–Crippen MR) is 223 cm³/mol. The number of pyridine rings is 2. The minimum Gasteiger partial charge on any atom is -0.492 e. The van der Waals surface area contributed by atoms with E-state index in [9.17, 15) is 25.1 Å². The van der Waals surface area contributed by atoms with E-state index in [4.69, 9.17) is 41.0 Å². The standard InChI is InChI=1S/C45H46ClN5O9/c1-27-35(30-8-10-34(11-9-30)58-15-14-48-24-32(52)18-42(54)55)4-2-5-36(27)37-6-3-7-39-38(37)12-13-41(39)60-45-40(46)17-31(23-50-25-33(53)19-43(56)57)44(51-45)59-26-29-16-28(20-47)21-49-22-29/h2-11,16-17,21-22,32-33,41,48,50,52-53H,12-15,18-19,23-26H2,1H3,(H,54,55)(H,56,57)/t32-,33-,41-/m0/s1.